The first-order valence-corrected chi connectivity index (χ1v) is 11.7. The highest BCUT2D eigenvalue weighted by Gasteiger charge is 2.46. The molecule has 1 aliphatic rings. The molecule has 0 aromatic heterocycles. The molecule has 180 valence electrons. The molecule has 2 N–H and O–H groups in total. The number of aromatic hydroxyl groups is 1. The van der Waals surface area contributed by atoms with E-state index in [0.717, 1.165) is 5.56 Å². The van der Waals surface area contributed by atoms with Crippen LogP contribution in [0.3, 0.4) is 0 Å². The van der Waals surface area contributed by atoms with Crippen molar-refractivity contribution in [2.24, 2.45) is 0 Å². The molecule has 0 aliphatic carbocycles. The van der Waals surface area contributed by atoms with Gasteiger partial charge in [0.15, 0.2) is 0 Å². The Morgan fingerprint density at radius 1 is 1.03 bits per heavy atom. The average Bonchev–Trinajstić information content (AvgIpc) is 3.08. The van der Waals surface area contributed by atoms with E-state index in [9.17, 15) is 19.8 Å². The molecule has 0 spiro atoms. The smallest absolute Gasteiger partial charge is 0.295 e. The number of hydrogen-bond donors (Lipinski definition) is 2. The van der Waals surface area contributed by atoms with Gasteiger partial charge in [-0.3, -0.25) is 9.59 Å². The van der Waals surface area contributed by atoms with Crippen molar-refractivity contribution in [2.75, 3.05) is 6.54 Å². The first-order valence-electron chi connectivity index (χ1n) is 11.3. The average molecular weight is 492 g/mol. The summed E-state index contributed by atoms with van der Waals surface area (Å²) in [6.45, 7) is 4.01. The monoisotopic (exact) mass is 491 g/mol. The van der Waals surface area contributed by atoms with Crippen LogP contribution in [-0.2, 0) is 16.0 Å². The SMILES string of the molecule is CC(C)Oc1cccc(/C(O)=C2/C(=O)C(=O)N(CCc3ccc(Cl)cc3)C2c2cccc(O)c2)c1. The number of ether oxygens (including phenoxy) is 1. The standard InChI is InChI=1S/C28H26ClNO5/c1-17(2)35-23-8-4-6-20(16-23)26(32)24-25(19-5-3-7-22(31)15-19)30(28(34)27(24)33)14-13-18-9-11-21(29)12-10-18/h3-12,15-17,25,31-32H,13-14H2,1-2H3/b26-24-. The molecule has 1 amide bonds. The quantitative estimate of drug-likeness (QED) is 0.259. The number of aliphatic hydroxyl groups is 1. The van der Waals surface area contributed by atoms with Crippen molar-refractivity contribution >= 4 is 29.1 Å². The van der Waals surface area contributed by atoms with Crippen LogP contribution in [0.2, 0.25) is 5.02 Å². The number of Topliss-reactive ketones (excluding diaryl/α,β-unsaturated/α-hetero) is 1. The van der Waals surface area contributed by atoms with Crippen LogP contribution >= 0.6 is 11.6 Å². The fourth-order valence-electron chi connectivity index (χ4n) is 4.20. The van der Waals surface area contributed by atoms with Crippen molar-refractivity contribution in [2.45, 2.75) is 32.4 Å². The van der Waals surface area contributed by atoms with Gasteiger partial charge in [0, 0.05) is 17.1 Å². The minimum Gasteiger partial charge on any atom is -0.508 e. The summed E-state index contributed by atoms with van der Waals surface area (Å²) in [5.41, 5.74) is 1.81. The Labute approximate surface area is 209 Å². The van der Waals surface area contributed by atoms with Crippen LogP contribution in [0.4, 0.5) is 0 Å². The third-order valence-electron chi connectivity index (χ3n) is 5.76. The van der Waals surface area contributed by atoms with Gasteiger partial charge in [0.2, 0.25) is 0 Å². The van der Waals surface area contributed by atoms with Gasteiger partial charge in [0.1, 0.15) is 17.3 Å². The number of likely N-dealkylation sites (tertiary alicyclic amines) is 1. The number of benzene rings is 3. The first-order chi connectivity index (χ1) is 16.7. The second-order valence-corrected chi connectivity index (χ2v) is 9.09. The molecule has 1 aliphatic heterocycles. The lowest BCUT2D eigenvalue weighted by Gasteiger charge is -2.25. The zero-order valence-electron chi connectivity index (χ0n) is 19.4. The van der Waals surface area contributed by atoms with Gasteiger partial charge < -0.3 is 19.8 Å². The maximum absolute atomic E-state index is 13.2. The minimum atomic E-state index is -0.857. The van der Waals surface area contributed by atoms with E-state index in [1.807, 2.05) is 26.0 Å². The molecule has 0 bridgehead atoms. The second kappa shape index (κ2) is 10.2. The lowest BCUT2D eigenvalue weighted by molar-refractivity contribution is -0.139. The summed E-state index contributed by atoms with van der Waals surface area (Å²) >= 11 is 5.97. The molecular formula is C28H26ClNO5. The van der Waals surface area contributed by atoms with E-state index in [1.54, 1.807) is 48.5 Å². The number of phenolic OH excluding ortho intramolecular Hbond substituents is 1. The number of rotatable bonds is 7. The Morgan fingerprint density at radius 3 is 2.43 bits per heavy atom. The Bertz CT molecular complexity index is 1280. The highest BCUT2D eigenvalue weighted by Crippen LogP contribution is 2.40. The number of amides is 1. The summed E-state index contributed by atoms with van der Waals surface area (Å²) in [6.07, 6.45) is 0.412. The molecule has 3 aromatic carbocycles. The third-order valence-corrected chi connectivity index (χ3v) is 6.01. The number of hydrogen-bond acceptors (Lipinski definition) is 5. The number of halogens is 1. The lowest BCUT2D eigenvalue weighted by atomic mass is 9.95. The van der Waals surface area contributed by atoms with Gasteiger partial charge in [-0.15, -0.1) is 0 Å². The van der Waals surface area contributed by atoms with E-state index >= 15 is 0 Å². The van der Waals surface area contributed by atoms with Crippen LogP contribution in [0.15, 0.2) is 78.4 Å². The van der Waals surface area contributed by atoms with Gasteiger partial charge in [0.05, 0.1) is 17.7 Å². The maximum atomic E-state index is 13.2. The number of phenols is 1. The molecule has 6 nitrogen and oxygen atoms in total. The largest absolute Gasteiger partial charge is 0.508 e. The Kier molecular flexibility index (Phi) is 7.12. The molecule has 0 saturated carbocycles. The fraction of sp³-hybridized carbons (Fsp3) is 0.214. The van der Waals surface area contributed by atoms with Crippen LogP contribution in [0, 0.1) is 0 Å². The number of nitrogens with zero attached hydrogens (tertiary/aromatic N) is 1. The minimum absolute atomic E-state index is 0.00174. The summed E-state index contributed by atoms with van der Waals surface area (Å²) in [4.78, 5) is 27.8. The van der Waals surface area contributed by atoms with E-state index in [2.05, 4.69) is 0 Å². The second-order valence-electron chi connectivity index (χ2n) is 8.66. The van der Waals surface area contributed by atoms with Gasteiger partial charge in [-0.25, -0.2) is 0 Å². The number of carbonyl (C=O) groups excluding carboxylic acids is 2. The number of carbonyl (C=O) groups is 2. The van der Waals surface area contributed by atoms with Gasteiger partial charge in [-0.1, -0.05) is 48.0 Å². The molecule has 1 atom stereocenters. The van der Waals surface area contributed by atoms with Crippen molar-refractivity contribution in [3.05, 3.63) is 100 Å². The van der Waals surface area contributed by atoms with Crippen molar-refractivity contribution in [1.82, 2.24) is 4.90 Å². The molecule has 1 fully saturated rings. The molecule has 1 saturated heterocycles. The molecule has 35 heavy (non-hydrogen) atoms. The van der Waals surface area contributed by atoms with Crippen molar-refractivity contribution in [1.29, 1.82) is 0 Å². The van der Waals surface area contributed by atoms with E-state index in [0.29, 0.717) is 28.3 Å². The molecule has 4 rings (SSSR count). The van der Waals surface area contributed by atoms with Crippen LogP contribution < -0.4 is 4.74 Å². The van der Waals surface area contributed by atoms with Gasteiger partial charge in [0.25, 0.3) is 11.7 Å². The van der Waals surface area contributed by atoms with E-state index in [-0.39, 0.29) is 29.7 Å². The zero-order chi connectivity index (χ0) is 25.1. The molecular weight excluding hydrogens is 466 g/mol. The van der Waals surface area contributed by atoms with Crippen LogP contribution in [0.25, 0.3) is 5.76 Å². The molecule has 7 heteroatoms. The van der Waals surface area contributed by atoms with Crippen LogP contribution in [0.5, 0.6) is 11.5 Å². The van der Waals surface area contributed by atoms with Crippen LogP contribution in [0.1, 0.15) is 36.6 Å². The fourth-order valence-corrected chi connectivity index (χ4v) is 4.32. The Morgan fingerprint density at radius 2 is 1.74 bits per heavy atom. The predicted molar refractivity (Wildman–Crippen MR) is 134 cm³/mol. The zero-order valence-corrected chi connectivity index (χ0v) is 20.2. The predicted octanol–water partition coefficient (Wildman–Crippen LogP) is 5.50. The topological polar surface area (TPSA) is 87.1 Å². The molecule has 0 radical (unpaired) electrons. The lowest BCUT2D eigenvalue weighted by Crippen LogP contribution is -2.31. The third kappa shape index (κ3) is 5.33. The number of aliphatic hydroxyl groups excluding tert-OH is 1. The maximum Gasteiger partial charge on any atom is 0.295 e. The summed E-state index contributed by atoms with van der Waals surface area (Å²) in [6, 6.07) is 19.5. The Hall–Kier alpha value is -3.77. The summed E-state index contributed by atoms with van der Waals surface area (Å²) < 4.78 is 5.72. The summed E-state index contributed by atoms with van der Waals surface area (Å²) in [5, 5.41) is 21.9. The van der Waals surface area contributed by atoms with Gasteiger partial charge in [-0.2, -0.15) is 0 Å². The highest BCUT2D eigenvalue weighted by molar-refractivity contribution is 6.46. The normalized spacial score (nSPS) is 17.3. The van der Waals surface area contributed by atoms with Gasteiger partial charge >= 0.3 is 0 Å². The van der Waals surface area contributed by atoms with E-state index < -0.39 is 17.7 Å². The molecule has 3 aromatic rings. The van der Waals surface area contributed by atoms with Crippen molar-refractivity contribution in [3.63, 3.8) is 0 Å². The van der Waals surface area contributed by atoms with E-state index in [4.69, 9.17) is 16.3 Å². The highest BCUT2D eigenvalue weighted by atomic mass is 35.5. The van der Waals surface area contributed by atoms with Gasteiger partial charge in [-0.05, 0) is 67.8 Å². The Balaban J connectivity index is 1.77. The molecule has 1 unspecified atom stereocenters. The van der Waals surface area contributed by atoms with Crippen molar-refractivity contribution in [3.8, 4) is 11.5 Å². The summed E-state index contributed by atoms with van der Waals surface area (Å²) in [5.74, 6) is -1.24. The van der Waals surface area contributed by atoms with E-state index in [1.165, 1.54) is 17.0 Å². The number of ketones is 1. The van der Waals surface area contributed by atoms with Crippen LogP contribution in [-0.4, -0.2) is 39.5 Å². The summed E-state index contributed by atoms with van der Waals surface area (Å²) in [7, 11) is 0. The molecule has 1 heterocycles. The van der Waals surface area contributed by atoms with Crippen molar-refractivity contribution < 1.29 is 24.5 Å². The first kappa shape index (κ1) is 24.4.